The first-order valence-electron chi connectivity index (χ1n) is 9.36. The number of hydrogen-bond donors (Lipinski definition) is 1. The van der Waals surface area contributed by atoms with Gasteiger partial charge in [-0.2, -0.15) is 13.2 Å². The molecule has 0 saturated carbocycles. The monoisotopic (exact) mass is 485 g/mol. The van der Waals surface area contributed by atoms with Gasteiger partial charge in [-0.05, 0) is 56.5 Å². The highest BCUT2D eigenvalue weighted by molar-refractivity contribution is 8.14. The van der Waals surface area contributed by atoms with Crippen LogP contribution in [0.3, 0.4) is 0 Å². The Morgan fingerprint density at radius 3 is 2.55 bits per heavy atom. The predicted octanol–water partition coefficient (Wildman–Crippen LogP) is 5.73. The minimum absolute atomic E-state index is 0.0319. The molecule has 31 heavy (non-hydrogen) atoms. The lowest BCUT2D eigenvalue weighted by Crippen LogP contribution is -2.45. The van der Waals surface area contributed by atoms with Crippen molar-refractivity contribution in [2.24, 2.45) is 0 Å². The third-order valence-corrected chi connectivity index (χ3v) is 8.66. The van der Waals surface area contributed by atoms with Gasteiger partial charge in [-0.1, -0.05) is 6.07 Å². The molecular formula is C20H24F5NO3S2. The highest BCUT2D eigenvalue weighted by Crippen LogP contribution is 2.40. The number of halogens is 5. The molecule has 1 fully saturated rings. The van der Waals surface area contributed by atoms with Crippen molar-refractivity contribution in [3.63, 3.8) is 0 Å². The topological polar surface area (TPSA) is 67.2 Å². The smallest absolute Gasteiger partial charge is 0.374 e. The maximum atomic E-state index is 13.2. The summed E-state index contributed by atoms with van der Waals surface area (Å²) in [7, 11) is -4.13. The largest absolute Gasteiger partial charge is 0.416 e. The van der Waals surface area contributed by atoms with Crippen molar-refractivity contribution in [3.8, 4) is 0 Å². The van der Waals surface area contributed by atoms with E-state index in [4.69, 9.17) is 10.1 Å². The number of hydrogen-bond acceptors (Lipinski definition) is 5. The lowest BCUT2D eigenvalue weighted by molar-refractivity contribution is -0.137. The minimum atomic E-state index is -4.67. The second kappa shape index (κ2) is 9.19. The van der Waals surface area contributed by atoms with Crippen LogP contribution in [0, 0.1) is 5.41 Å². The van der Waals surface area contributed by atoms with Crippen molar-refractivity contribution in [1.82, 2.24) is 0 Å². The third kappa shape index (κ3) is 6.52. The molecule has 0 spiro atoms. The molecule has 1 aliphatic rings. The van der Waals surface area contributed by atoms with Crippen LogP contribution in [0.15, 0.2) is 40.8 Å². The zero-order chi connectivity index (χ0) is 23.7. The number of thioether (sulfide) groups is 1. The molecule has 1 N–H and O–H groups in total. The Morgan fingerprint density at radius 2 is 1.97 bits per heavy atom. The van der Waals surface area contributed by atoms with Crippen molar-refractivity contribution in [2.45, 2.75) is 61.5 Å². The molecule has 1 aliphatic heterocycles. The van der Waals surface area contributed by atoms with E-state index >= 15 is 0 Å². The summed E-state index contributed by atoms with van der Waals surface area (Å²) in [6.45, 7) is 3.87. The average Bonchev–Trinajstić information content (AvgIpc) is 2.65. The first-order valence-corrected chi connectivity index (χ1v) is 11.8. The lowest BCUT2D eigenvalue weighted by Gasteiger charge is -2.38. The molecule has 1 aromatic carbocycles. The van der Waals surface area contributed by atoms with Gasteiger partial charge in [0.15, 0.2) is 9.84 Å². The Hall–Kier alpha value is -1.46. The molecule has 0 amide bonds. The van der Waals surface area contributed by atoms with E-state index in [1.807, 2.05) is 0 Å². The molecule has 2 atom stereocenters. The van der Waals surface area contributed by atoms with Gasteiger partial charge in [0, 0.05) is 13.5 Å². The summed E-state index contributed by atoms with van der Waals surface area (Å²) >= 11 is 0.658. The Morgan fingerprint density at radius 1 is 1.32 bits per heavy atom. The van der Waals surface area contributed by atoms with E-state index in [0.29, 0.717) is 23.4 Å². The molecule has 2 unspecified atom stereocenters. The number of alkyl halides is 5. The Balaban J connectivity index is 2.24. The van der Waals surface area contributed by atoms with Crippen molar-refractivity contribution in [2.75, 3.05) is 12.4 Å². The summed E-state index contributed by atoms with van der Waals surface area (Å²) < 4.78 is 95.7. The fourth-order valence-corrected chi connectivity index (χ4v) is 5.69. The van der Waals surface area contributed by atoms with Crippen LogP contribution >= 0.6 is 11.8 Å². The normalized spacial score (nSPS) is 23.6. The summed E-state index contributed by atoms with van der Waals surface area (Å²) in [4.78, 5) is -0.416. The number of nitrogens with one attached hydrogen (secondary N) is 1. The van der Waals surface area contributed by atoms with Crippen LogP contribution in [0.1, 0.15) is 39.2 Å². The Labute approximate surface area is 182 Å². The van der Waals surface area contributed by atoms with Crippen molar-refractivity contribution in [3.05, 3.63) is 41.5 Å². The molecule has 0 aliphatic carbocycles. The van der Waals surface area contributed by atoms with E-state index in [1.165, 1.54) is 13.0 Å². The van der Waals surface area contributed by atoms with E-state index in [1.54, 1.807) is 6.92 Å². The van der Waals surface area contributed by atoms with Gasteiger partial charge >= 0.3 is 6.18 Å². The first-order chi connectivity index (χ1) is 14.1. The van der Waals surface area contributed by atoms with Gasteiger partial charge in [0.05, 0.1) is 32.1 Å². The molecule has 0 bridgehead atoms. The zero-order valence-corrected chi connectivity index (χ0v) is 18.9. The molecule has 1 heterocycles. The van der Waals surface area contributed by atoms with Gasteiger partial charge in [0.2, 0.25) is 0 Å². The fraction of sp³-hybridized carbons (Fsp3) is 0.550. The van der Waals surface area contributed by atoms with Crippen LogP contribution in [0.5, 0.6) is 0 Å². The Kier molecular flexibility index (Phi) is 7.65. The standard InChI is InChI=1S/C20H24F5NO3S2/c1-13(9-17(26)30-12-19(3,21)22)16-11-18(2,7-8-29-16)31(27,28)15-6-4-5-14(10-15)20(23,24)25/h4-6,9-10,16,26H,7-8,11-12H2,1-3H3/b13-9+,26-17?. The highest BCUT2D eigenvalue weighted by Gasteiger charge is 2.45. The second-order valence-corrected chi connectivity index (χ2v) is 11.4. The number of rotatable bonds is 6. The van der Waals surface area contributed by atoms with Gasteiger partial charge in [-0.25, -0.2) is 17.2 Å². The van der Waals surface area contributed by atoms with E-state index < -0.39 is 49.0 Å². The van der Waals surface area contributed by atoms with E-state index in [-0.39, 0.29) is 24.5 Å². The SMILES string of the molecule is C/C(=C\C(=N)SCC(C)(F)F)C1CC(C)(S(=O)(=O)c2cccc(C(F)(F)F)c2)CCO1. The van der Waals surface area contributed by atoms with Gasteiger partial charge in [-0.15, -0.1) is 11.8 Å². The molecule has 0 aromatic heterocycles. The van der Waals surface area contributed by atoms with E-state index in [0.717, 1.165) is 25.1 Å². The first kappa shape index (κ1) is 25.8. The van der Waals surface area contributed by atoms with Crippen LogP contribution < -0.4 is 0 Å². The maximum Gasteiger partial charge on any atom is 0.416 e. The number of benzene rings is 1. The Bertz CT molecular complexity index is 954. The molecule has 174 valence electrons. The molecule has 0 radical (unpaired) electrons. The maximum absolute atomic E-state index is 13.2. The summed E-state index contributed by atoms with van der Waals surface area (Å²) in [6, 6.07) is 3.64. The van der Waals surface area contributed by atoms with Crippen molar-refractivity contribution < 1.29 is 35.1 Å². The van der Waals surface area contributed by atoms with Gasteiger partial charge in [0.25, 0.3) is 5.92 Å². The van der Waals surface area contributed by atoms with Gasteiger partial charge < -0.3 is 4.74 Å². The quantitative estimate of drug-likeness (QED) is 0.318. The van der Waals surface area contributed by atoms with Crippen molar-refractivity contribution >= 4 is 26.6 Å². The molecule has 2 rings (SSSR count). The van der Waals surface area contributed by atoms with Gasteiger partial charge in [-0.3, -0.25) is 5.41 Å². The van der Waals surface area contributed by atoms with Gasteiger partial charge in [0.1, 0.15) is 0 Å². The average molecular weight is 486 g/mol. The lowest BCUT2D eigenvalue weighted by atomic mass is 9.93. The van der Waals surface area contributed by atoms with Crippen LogP contribution in [-0.4, -0.2) is 42.6 Å². The summed E-state index contributed by atoms with van der Waals surface area (Å²) in [6.07, 6.45) is -3.97. The van der Waals surface area contributed by atoms with Crippen LogP contribution in [0.2, 0.25) is 0 Å². The second-order valence-electron chi connectivity index (χ2n) is 7.90. The number of ether oxygens (including phenoxy) is 1. The molecule has 4 nitrogen and oxygen atoms in total. The van der Waals surface area contributed by atoms with Crippen LogP contribution in [-0.2, 0) is 20.8 Å². The highest BCUT2D eigenvalue weighted by atomic mass is 32.2. The summed E-state index contributed by atoms with van der Waals surface area (Å²) in [5, 5.41) is 7.71. The third-order valence-electron chi connectivity index (χ3n) is 5.04. The predicted molar refractivity (Wildman–Crippen MR) is 111 cm³/mol. The van der Waals surface area contributed by atoms with E-state index in [2.05, 4.69) is 0 Å². The molecule has 1 aromatic rings. The molecular weight excluding hydrogens is 461 g/mol. The number of sulfone groups is 1. The zero-order valence-electron chi connectivity index (χ0n) is 17.2. The fourth-order valence-electron chi connectivity index (χ4n) is 3.18. The van der Waals surface area contributed by atoms with Crippen LogP contribution in [0.4, 0.5) is 22.0 Å². The molecule has 11 heteroatoms. The minimum Gasteiger partial charge on any atom is -0.374 e. The molecule has 1 saturated heterocycles. The van der Waals surface area contributed by atoms with Crippen LogP contribution in [0.25, 0.3) is 0 Å². The van der Waals surface area contributed by atoms with Crippen molar-refractivity contribution in [1.29, 1.82) is 5.41 Å². The summed E-state index contributed by atoms with van der Waals surface area (Å²) in [5.41, 5.74) is -0.558. The summed E-state index contributed by atoms with van der Waals surface area (Å²) in [5.74, 6) is -3.50. The van der Waals surface area contributed by atoms with E-state index in [9.17, 15) is 30.4 Å².